The first-order valence-electron chi connectivity index (χ1n) is 7.63. The molecule has 0 aromatic carbocycles. The molecule has 1 unspecified atom stereocenters. The van der Waals surface area contributed by atoms with Crippen molar-refractivity contribution in [2.75, 3.05) is 13.7 Å². The highest BCUT2D eigenvalue weighted by molar-refractivity contribution is 5.82. The molecule has 0 bridgehead atoms. The normalized spacial score (nSPS) is 26.4. The number of methoxy groups -OCH3 is 1. The van der Waals surface area contributed by atoms with E-state index in [1.165, 1.54) is 31.3 Å². The lowest BCUT2D eigenvalue weighted by molar-refractivity contribution is -0.145. The smallest absolute Gasteiger partial charge is 0.411 e. The van der Waals surface area contributed by atoms with Crippen molar-refractivity contribution < 1.29 is 19.1 Å². The van der Waals surface area contributed by atoms with Gasteiger partial charge in [0.1, 0.15) is 11.6 Å². The molecule has 0 aromatic heterocycles. The van der Waals surface area contributed by atoms with E-state index < -0.39 is 17.7 Å². The second kappa shape index (κ2) is 6.22. The van der Waals surface area contributed by atoms with Gasteiger partial charge in [-0.15, -0.1) is 0 Å². The number of hydrogen-bond acceptors (Lipinski definition) is 5. The Labute approximate surface area is 126 Å². The van der Waals surface area contributed by atoms with Crippen molar-refractivity contribution in [1.29, 1.82) is 0 Å². The van der Waals surface area contributed by atoms with Crippen molar-refractivity contribution >= 4 is 12.1 Å². The molecule has 0 spiro atoms. The van der Waals surface area contributed by atoms with Gasteiger partial charge >= 0.3 is 12.1 Å². The molecule has 1 saturated carbocycles. The molecule has 1 heterocycles. The number of nitrogens with zero attached hydrogens (tertiary/aromatic N) is 1. The molecule has 1 N–H and O–H groups in total. The second-order valence-corrected chi connectivity index (χ2v) is 6.90. The zero-order chi connectivity index (χ0) is 15.6. The minimum atomic E-state index is -0.572. The van der Waals surface area contributed by atoms with E-state index in [2.05, 4.69) is 5.32 Å². The van der Waals surface area contributed by atoms with Crippen molar-refractivity contribution in [2.24, 2.45) is 0 Å². The molecule has 1 aliphatic carbocycles. The van der Waals surface area contributed by atoms with Gasteiger partial charge in [-0.3, -0.25) is 4.90 Å². The number of carbonyl (C=O) groups is 2. The van der Waals surface area contributed by atoms with Crippen LogP contribution in [0.15, 0.2) is 0 Å². The molecule has 1 aliphatic heterocycles. The Kier molecular flexibility index (Phi) is 4.76. The van der Waals surface area contributed by atoms with Crippen molar-refractivity contribution in [3.8, 4) is 0 Å². The number of rotatable bonds is 3. The molecule has 1 amide bonds. The maximum atomic E-state index is 12.3. The molecule has 2 aliphatic rings. The quantitative estimate of drug-likeness (QED) is 0.803. The molecule has 6 heteroatoms. The van der Waals surface area contributed by atoms with Crippen LogP contribution >= 0.6 is 0 Å². The molecule has 2 fully saturated rings. The molecule has 120 valence electrons. The Balaban J connectivity index is 2.00. The maximum Gasteiger partial charge on any atom is 0.411 e. The molecular weight excluding hydrogens is 272 g/mol. The average molecular weight is 298 g/mol. The van der Waals surface area contributed by atoms with E-state index in [0.29, 0.717) is 19.0 Å². The highest BCUT2D eigenvalue weighted by Crippen LogP contribution is 2.25. The van der Waals surface area contributed by atoms with Crippen LogP contribution in [-0.4, -0.2) is 54.3 Å². The van der Waals surface area contributed by atoms with Crippen LogP contribution in [0.5, 0.6) is 0 Å². The van der Waals surface area contributed by atoms with Crippen molar-refractivity contribution in [3.63, 3.8) is 0 Å². The summed E-state index contributed by atoms with van der Waals surface area (Å²) in [5.74, 6) is -0.376. The van der Waals surface area contributed by atoms with Crippen LogP contribution in [0.1, 0.15) is 46.5 Å². The van der Waals surface area contributed by atoms with E-state index in [1.54, 1.807) is 0 Å². The molecule has 2 rings (SSSR count). The van der Waals surface area contributed by atoms with E-state index >= 15 is 0 Å². The number of ether oxygens (including phenoxy) is 2. The minimum Gasteiger partial charge on any atom is -0.467 e. The molecule has 6 nitrogen and oxygen atoms in total. The molecular formula is C15H26N2O4. The third-order valence-corrected chi connectivity index (χ3v) is 3.98. The zero-order valence-corrected chi connectivity index (χ0v) is 13.3. The molecule has 0 radical (unpaired) electrons. The first-order chi connectivity index (χ1) is 9.80. The third-order valence-electron chi connectivity index (χ3n) is 3.98. The lowest BCUT2D eigenvalue weighted by Gasteiger charge is -2.30. The SMILES string of the molecule is COC(=O)[C@@H]1CC(NC2CCC2)CN1C(=O)OC(C)(C)C. The van der Waals surface area contributed by atoms with Crippen LogP contribution in [0.4, 0.5) is 4.79 Å². The van der Waals surface area contributed by atoms with Crippen LogP contribution < -0.4 is 5.32 Å². The minimum absolute atomic E-state index is 0.131. The summed E-state index contributed by atoms with van der Waals surface area (Å²) < 4.78 is 10.2. The highest BCUT2D eigenvalue weighted by Gasteiger charge is 2.42. The fraction of sp³-hybridized carbons (Fsp3) is 0.867. The monoisotopic (exact) mass is 298 g/mol. The lowest BCUT2D eigenvalue weighted by atomic mass is 9.92. The van der Waals surface area contributed by atoms with E-state index in [0.717, 1.165) is 0 Å². The summed E-state index contributed by atoms with van der Waals surface area (Å²) in [4.78, 5) is 25.7. The van der Waals surface area contributed by atoms with Crippen molar-refractivity contribution in [3.05, 3.63) is 0 Å². The summed E-state index contributed by atoms with van der Waals surface area (Å²) in [6, 6.07) is 0.0984. The fourth-order valence-electron chi connectivity index (χ4n) is 2.75. The van der Waals surface area contributed by atoms with E-state index in [9.17, 15) is 9.59 Å². The van der Waals surface area contributed by atoms with Gasteiger partial charge in [-0.1, -0.05) is 6.42 Å². The Bertz CT molecular complexity index is 401. The van der Waals surface area contributed by atoms with Gasteiger partial charge < -0.3 is 14.8 Å². The lowest BCUT2D eigenvalue weighted by Crippen LogP contribution is -2.45. The van der Waals surface area contributed by atoms with E-state index in [-0.39, 0.29) is 12.0 Å². The van der Waals surface area contributed by atoms with Gasteiger partial charge in [0.15, 0.2) is 0 Å². The average Bonchev–Trinajstić information content (AvgIpc) is 2.75. The van der Waals surface area contributed by atoms with Gasteiger partial charge in [0, 0.05) is 18.6 Å². The van der Waals surface area contributed by atoms with Crippen LogP contribution in [0.25, 0.3) is 0 Å². The Morgan fingerprint density at radius 2 is 1.86 bits per heavy atom. The topological polar surface area (TPSA) is 67.9 Å². The van der Waals surface area contributed by atoms with Gasteiger partial charge in [0.2, 0.25) is 0 Å². The van der Waals surface area contributed by atoms with Crippen molar-refractivity contribution in [1.82, 2.24) is 10.2 Å². The standard InChI is InChI=1S/C15H26N2O4/c1-15(2,3)21-14(19)17-9-11(16-10-6-5-7-10)8-12(17)13(18)20-4/h10-12,16H,5-9H2,1-4H3/t11?,12-/m0/s1. The number of carbonyl (C=O) groups excluding carboxylic acids is 2. The number of hydrogen-bond donors (Lipinski definition) is 1. The largest absolute Gasteiger partial charge is 0.467 e. The van der Waals surface area contributed by atoms with Crippen molar-refractivity contribution in [2.45, 2.75) is 70.2 Å². The van der Waals surface area contributed by atoms with Gasteiger partial charge in [0.05, 0.1) is 7.11 Å². The summed E-state index contributed by atoms with van der Waals surface area (Å²) in [5, 5.41) is 3.51. The third kappa shape index (κ3) is 4.09. The number of likely N-dealkylation sites (tertiary alicyclic amines) is 1. The van der Waals surface area contributed by atoms with E-state index in [1.807, 2.05) is 20.8 Å². The summed E-state index contributed by atoms with van der Waals surface area (Å²) in [7, 11) is 1.35. The van der Waals surface area contributed by atoms with Gasteiger partial charge in [0.25, 0.3) is 0 Å². The molecule has 1 saturated heterocycles. The first-order valence-corrected chi connectivity index (χ1v) is 7.63. The van der Waals surface area contributed by atoms with Gasteiger partial charge in [-0.25, -0.2) is 9.59 Å². The molecule has 21 heavy (non-hydrogen) atoms. The maximum absolute atomic E-state index is 12.3. The Morgan fingerprint density at radius 3 is 2.33 bits per heavy atom. The van der Waals surface area contributed by atoms with Gasteiger partial charge in [-0.05, 0) is 40.0 Å². The Morgan fingerprint density at radius 1 is 1.19 bits per heavy atom. The predicted molar refractivity (Wildman–Crippen MR) is 77.9 cm³/mol. The summed E-state index contributed by atoms with van der Waals surface area (Å²) >= 11 is 0. The van der Waals surface area contributed by atoms with E-state index in [4.69, 9.17) is 9.47 Å². The van der Waals surface area contributed by atoms with Gasteiger partial charge in [-0.2, -0.15) is 0 Å². The van der Waals surface area contributed by atoms with Crippen LogP contribution in [0, 0.1) is 0 Å². The fourth-order valence-corrected chi connectivity index (χ4v) is 2.75. The van der Waals surface area contributed by atoms with Crippen LogP contribution in [0.3, 0.4) is 0 Å². The first kappa shape index (κ1) is 16.1. The number of amides is 1. The van der Waals surface area contributed by atoms with Crippen LogP contribution in [-0.2, 0) is 14.3 Å². The zero-order valence-electron chi connectivity index (χ0n) is 13.3. The highest BCUT2D eigenvalue weighted by atomic mass is 16.6. The predicted octanol–water partition coefficient (Wildman–Crippen LogP) is 1.68. The molecule has 0 aromatic rings. The molecule has 2 atom stereocenters. The number of nitrogens with one attached hydrogen (secondary N) is 1. The number of esters is 1. The second-order valence-electron chi connectivity index (χ2n) is 6.90. The van der Waals surface area contributed by atoms with Crippen LogP contribution in [0.2, 0.25) is 0 Å². The summed E-state index contributed by atoms with van der Waals surface area (Å²) in [6.07, 6.45) is 3.73. The Hall–Kier alpha value is -1.30. The summed E-state index contributed by atoms with van der Waals surface area (Å²) in [6.45, 7) is 5.94. The summed E-state index contributed by atoms with van der Waals surface area (Å²) in [5.41, 5.74) is -0.572.